The van der Waals surface area contributed by atoms with Crippen molar-refractivity contribution in [3.63, 3.8) is 0 Å². The number of sulfonamides is 1. The molecule has 0 saturated carbocycles. The Morgan fingerprint density at radius 3 is 2.50 bits per heavy atom. The van der Waals surface area contributed by atoms with Crippen LogP contribution in [0.4, 0.5) is 5.69 Å². The van der Waals surface area contributed by atoms with Gasteiger partial charge in [0.25, 0.3) is 0 Å². The number of nitrogens with one attached hydrogen (secondary N) is 1. The Balaban J connectivity index is 1.73. The molecule has 0 spiro atoms. The summed E-state index contributed by atoms with van der Waals surface area (Å²) in [4.78, 5) is 7.17. The topological polar surface area (TPSA) is 131 Å². The highest BCUT2D eigenvalue weighted by Crippen LogP contribution is 2.32. The highest BCUT2D eigenvalue weighted by molar-refractivity contribution is 7.92. The summed E-state index contributed by atoms with van der Waals surface area (Å²) in [6, 6.07) is 15.1. The third kappa shape index (κ3) is 4.56. The van der Waals surface area contributed by atoms with Gasteiger partial charge in [0, 0.05) is 24.4 Å². The second kappa shape index (κ2) is 8.21. The van der Waals surface area contributed by atoms with Crippen LogP contribution in [0.15, 0.2) is 65.5 Å². The lowest BCUT2D eigenvalue weighted by Gasteiger charge is -2.20. The van der Waals surface area contributed by atoms with Crippen LogP contribution in [0, 0.1) is 0 Å². The summed E-state index contributed by atoms with van der Waals surface area (Å²) >= 11 is 0. The molecule has 4 rings (SSSR count). The molecule has 0 bridgehead atoms. The van der Waals surface area contributed by atoms with Crippen molar-refractivity contribution >= 4 is 15.7 Å². The van der Waals surface area contributed by atoms with Crippen LogP contribution < -0.4 is 10.0 Å². The van der Waals surface area contributed by atoms with Crippen molar-refractivity contribution in [2.24, 2.45) is 5.73 Å². The van der Waals surface area contributed by atoms with Crippen LogP contribution in [0.5, 0.6) is 0 Å². The van der Waals surface area contributed by atoms with E-state index >= 15 is 0 Å². The maximum Gasteiger partial charge on any atom is 0.247 e. The highest BCUT2D eigenvalue weighted by atomic mass is 32.2. The number of aromatic nitrogens is 4. The summed E-state index contributed by atoms with van der Waals surface area (Å²) in [6.07, 6.45) is 4.93. The summed E-state index contributed by atoms with van der Waals surface area (Å²) in [7, 11) is -1.99. The first-order chi connectivity index (χ1) is 15.1. The third-order valence-corrected chi connectivity index (χ3v) is 6.35. The molecule has 0 unspecified atom stereocenters. The lowest BCUT2D eigenvalue weighted by Crippen LogP contribution is -2.35. The second-order valence-corrected chi connectivity index (χ2v) is 9.96. The molecular weight excluding hydrogens is 428 g/mol. The molecule has 10 heteroatoms. The molecule has 166 valence electrons. The Bertz CT molecular complexity index is 1310. The number of nitrogens with zero attached hydrogens (tertiary/aromatic N) is 4. The maximum atomic E-state index is 12.1. The van der Waals surface area contributed by atoms with E-state index in [0.29, 0.717) is 34.8 Å². The Morgan fingerprint density at radius 1 is 1.12 bits per heavy atom. The minimum atomic E-state index is -3.47. The van der Waals surface area contributed by atoms with Gasteiger partial charge in [0.1, 0.15) is 0 Å². The minimum absolute atomic E-state index is 0.241. The van der Waals surface area contributed by atoms with Crippen LogP contribution >= 0.6 is 0 Å². The number of anilines is 1. The molecule has 32 heavy (non-hydrogen) atoms. The van der Waals surface area contributed by atoms with Gasteiger partial charge in [-0.25, -0.2) is 13.4 Å². The smallest absolute Gasteiger partial charge is 0.247 e. The van der Waals surface area contributed by atoms with Gasteiger partial charge in [0.15, 0.2) is 0 Å². The number of benzene rings is 2. The quantitative estimate of drug-likeness (QED) is 0.441. The molecule has 0 aliphatic rings. The summed E-state index contributed by atoms with van der Waals surface area (Å²) in [5.74, 6) is 0.532. The number of hydrogen-bond acceptors (Lipinski definition) is 7. The first-order valence-corrected chi connectivity index (χ1v) is 11.7. The number of hydrogen-bond donors (Lipinski definition) is 2. The standard InChI is InChI=1S/C22H24N6O3S/c1-22(23,12-15-7-5-4-6-8-15)21-27-26-20(31-21)17-9-16(19-13-24-14-25-19)10-18(11-17)28(2)32(3,29)30/h4-11,13-14H,12,23H2,1-3H3,(H,24,25)/t22-/m1/s1. The van der Waals surface area contributed by atoms with Crippen molar-refractivity contribution in [2.75, 3.05) is 17.6 Å². The largest absolute Gasteiger partial charge is 0.419 e. The van der Waals surface area contributed by atoms with Crippen molar-refractivity contribution in [1.29, 1.82) is 0 Å². The molecule has 0 aliphatic carbocycles. The van der Waals surface area contributed by atoms with Gasteiger partial charge in [-0.15, -0.1) is 10.2 Å². The van der Waals surface area contributed by atoms with Crippen LogP contribution in [0.2, 0.25) is 0 Å². The fourth-order valence-electron chi connectivity index (χ4n) is 3.34. The predicted octanol–water partition coefficient (Wildman–Crippen LogP) is 2.94. The van der Waals surface area contributed by atoms with Crippen LogP contribution in [0.25, 0.3) is 22.7 Å². The fraction of sp³-hybridized carbons (Fsp3) is 0.227. The van der Waals surface area contributed by atoms with Crippen molar-refractivity contribution in [3.8, 4) is 22.7 Å². The van der Waals surface area contributed by atoms with Crippen molar-refractivity contribution in [2.45, 2.75) is 18.9 Å². The molecule has 0 amide bonds. The summed E-state index contributed by atoms with van der Waals surface area (Å²) in [5, 5.41) is 8.37. The summed E-state index contributed by atoms with van der Waals surface area (Å²) in [6.45, 7) is 1.83. The van der Waals surface area contributed by atoms with Crippen LogP contribution in [-0.4, -0.2) is 41.9 Å². The Morgan fingerprint density at radius 2 is 1.84 bits per heavy atom. The van der Waals surface area contributed by atoms with Crippen molar-refractivity contribution in [3.05, 3.63) is 72.5 Å². The van der Waals surface area contributed by atoms with E-state index in [2.05, 4.69) is 20.2 Å². The van der Waals surface area contributed by atoms with Crippen molar-refractivity contribution < 1.29 is 12.8 Å². The van der Waals surface area contributed by atoms with Gasteiger partial charge in [0.2, 0.25) is 21.8 Å². The first-order valence-electron chi connectivity index (χ1n) is 9.89. The molecule has 3 N–H and O–H groups in total. The van der Waals surface area contributed by atoms with Gasteiger partial charge in [-0.3, -0.25) is 4.31 Å². The Labute approximate surface area is 186 Å². The molecule has 9 nitrogen and oxygen atoms in total. The second-order valence-electron chi connectivity index (χ2n) is 7.95. The molecule has 4 aromatic rings. The average Bonchev–Trinajstić information content (AvgIpc) is 3.45. The van der Waals surface area contributed by atoms with E-state index in [-0.39, 0.29) is 5.89 Å². The molecule has 0 fully saturated rings. The molecule has 0 saturated heterocycles. The number of rotatable bonds is 7. The molecule has 0 radical (unpaired) electrons. The lowest BCUT2D eigenvalue weighted by molar-refractivity contribution is 0.355. The monoisotopic (exact) mass is 452 g/mol. The molecule has 2 aromatic heterocycles. The van der Waals surface area contributed by atoms with Crippen LogP contribution in [0.1, 0.15) is 18.4 Å². The van der Waals surface area contributed by atoms with Gasteiger partial charge in [-0.2, -0.15) is 0 Å². The fourth-order valence-corrected chi connectivity index (χ4v) is 3.83. The third-order valence-electron chi connectivity index (χ3n) is 5.15. The average molecular weight is 453 g/mol. The van der Waals surface area contributed by atoms with E-state index in [4.69, 9.17) is 10.2 Å². The molecule has 0 aliphatic heterocycles. The summed E-state index contributed by atoms with van der Waals surface area (Å²) < 4.78 is 31.4. The number of imidazole rings is 1. The van der Waals surface area contributed by atoms with Gasteiger partial charge in [-0.05, 0) is 37.1 Å². The Hall–Kier alpha value is -3.50. The predicted molar refractivity (Wildman–Crippen MR) is 122 cm³/mol. The zero-order valence-electron chi connectivity index (χ0n) is 18.0. The van der Waals surface area contributed by atoms with Gasteiger partial charge in [0.05, 0.1) is 29.5 Å². The van der Waals surface area contributed by atoms with E-state index in [1.807, 2.05) is 43.3 Å². The van der Waals surface area contributed by atoms with E-state index in [0.717, 1.165) is 11.8 Å². The zero-order valence-corrected chi connectivity index (χ0v) is 18.8. The lowest BCUT2D eigenvalue weighted by atomic mass is 9.94. The van der Waals surface area contributed by atoms with E-state index in [1.54, 1.807) is 24.7 Å². The van der Waals surface area contributed by atoms with E-state index < -0.39 is 15.6 Å². The highest BCUT2D eigenvalue weighted by Gasteiger charge is 2.29. The number of aromatic amines is 1. The maximum absolute atomic E-state index is 12.1. The normalized spacial score (nSPS) is 13.6. The van der Waals surface area contributed by atoms with Gasteiger partial charge >= 0.3 is 0 Å². The van der Waals surface area contributed by atoms with Crippen LogP contribution in [0.3, 0.4) is 0 Å². The molecular formula is C22H24N6O3S. The van der Waals surface area contributed by atoms with Gasteiger partial charge < -0.3 is 15.1 Å². The van der Waals surface area contributed by atoms with E-state index in [1.165, 1.54) is 11.4 Å². The summed E-state index contributed by atoms with van der Waals surface area (Å²) in [5.41, 5.74) is 9.05. The molecule has 2 aromatic carbocycles. The minimum Gasteiger partial charge on any atom is -0.419 e. The first kappa shape index (κ1) is 21.7. The molecule has 2 heterocycles. The van der Waals surface area contributed by atoms with E-state index in [9.17, 15) is 8.42 Å². The van der Waals surface area contributed by atoms with Crippen LogP contribution in [-0.2, 0) is 22.0 Å². The van der Waals surface area contributed by atoms with Gasteiger partial charge in [-0.1, -0.05) is 30.3 Å². The number of nitrogens with two attached hydrogens (primary N) is 1. The SMILES string of the molecule is CN(c1cc(-c2c[nH]cn2)cc(-c2nnc([C@](C)(N)Cc3ccccc3)o2)c1)S(C)(=O)=O. The zero-order chi connectivity index (χ0) is 22.9. The Kier molecular flexibility index (Phi) is 5.57. The number of H-pyrrole nitrogens is 1. The van der Waals surface area contributed by atoms with Crippen molar-refractivity contribution in [1.82, 2.24) is 20.2 Å². The molecule has 1 atom stereocenters.